The molecule has 3 nitrogen and oxygen atoms in total. The van der Waals surface area contributed by atoms with Crippen LogP contribution in [0.25, 0.3) is 21.9 Å². The van der Waals surface area contributed by atoms with E-state index in [0.29, 0.717) is 22.3 Å². The first kappa shape index (κ1) is 14.7. The van der Waals surface area contributed by atoms with E-state index in [1.807, 2.05) is 42.5 Å². The SMILES string of the molecule is O=C1c2ccccc2C(=O)c2c1cc(-c1ccncc1)c1ccccc21. The quantitative estimate of drug-likeness (QED) is 0.447. The van der Waals surface area contributed by atoms with Crippen LogP contribution in [0.3, 0.4) is 0 Å². The molecule has 0 saturated heterocycles. The molecule has 3 aromatic carbocycles. The minimum atomic E-state index is -0.101. The third-order valence-corrected chi connectivity index (χ3v) is 4.92. The maximum Gasteiger partial charge on any atom is 0.195 e. The monoisotopic (exact) mass is 335 g/mol. The fraction of sp³-hybridized carbons (Fsp3) is 0. The van der Waals surface area contributed by atoms with Gasteiger partial charge in [-0.25, -0.2) is 0 Å². The lowest BCUT2D eigenvalue weighted by Crippen LogP contribution is -2.21. The molecule has 4 aromatic rings. The second-order valence-corrected chi connectivity index (χ2v) is 6.33. The van der Waals surface area contributed by atoms with Gasteiger partial charge in [-0.3, -0.25) is 14.6 Å². The molecule has 0 radical (unpaired) electrons. The van der Waals surface area contributed by atoms with Gasteiger partial charge in [-0.15, -0.1) is 0 Å². The molecule has 0 aliphatic heterocycles. The molecule has 0 saturated carbocycles. The molecule has 26 heavy (non-hydrogen) atoms. The van der Waals surface area contributed by atoms with E-state index in [4.69, 9.17) is 0 Å². The van der Waals surface area contributed by atoms with Gasteiger partial charge < -0.3 is 0 Å². The number of aromatic nitrogens is 1. The molecule has 122 valence electrons. The van der Waals surface area contributed by atoms with Gasteiger partial charge in [0.1, 0.15) is 0 Å². The van der Waals surface area contributed by atoms with Crippen molar-refractivity contribution in [2.75, 3.05) is 0 Å². The van der Waals surface area contributed by atoms with Crippen molar-refractivity contribution in [3.8, 4) is 11.1 Å². The van der Waals surface area contributed by atoms with Crippen LogP contribution in [0, 0.1) is 0 Å². The summed E-state index contributed by atoms with van der Waals surface area (Å²) in [5.41, 5.74) is 3.83. The maximum atomic E-state index is 13.2. The molecule has 1 aliphatic carbocycles. The molecule has 0 amide bonds. The van der Waals surface area contributed by atoms with E-state index in [1.54, 1.807) is 36.7 Å². The van der Waals surface area contributed by atoms with E-state index in [0.717, 1.165) is 21.9 Å². The highest BCUT2D eigenvalue weighted by Gasteiger charge is 2.31. The van der Waals surface area contributed by atoms with Gasteiger partial charge in [0.25, 0.3) is 0 Å². The van der Waals surface area contributed by atoms with Gasteiger partial charge in [0.15, 0.2) is 11.6 Å². The highest BCUT2D eigenvalue weighted by atomic mass is 16.1. The number of rotatable bonds is 1. The number of hydrogen-bond acceptors (Lipinski definition) is 3. The van der Waals surface area contributed by atoms with Gasteiger partial charge in [0, 0.05) is 34.6 Å². The first-order valence-corrected chi connectivity index (χ1v) is 8.40. The lowest BCUT2D eigenvalue weighted by atomic mass is 9.79. The number of hydrogen-bond donors (Lipinski definition) is 0. The van der Waals surface area contributed by atoms with Crippen molar-refractivity contribution in [3.05, 3.63) is 101 Å². The van der Waals surface area contributed by atoms with E-state index < -0.39 is 0 Å². The topological polar surface area (TPSA) is 47.0 Å². The van der Waals surface area contributed by atoms with Crippen LogP contribution in [0.15, 0.2) is 79.1 Å². The molecular formula is C23H13NO2. The van der Waals surface area contributed by atoms with Crippen molar-refractivity contribution in [2.45, 2.75) is 0 Å². The summed E-state index contributed by atoms with van der Waals surface area (Å²) in [6, 6.07) is 20.5. The Balaban J connectivity index is 1.91. The minimum Gasteiger partial charge on any atom is -0.289 e. The van der Waals surface area contributed by atoms with E-state index in [1.165, 1.54) is 0 Å². The van der Waals surface area contributed by atoms with Crippen molar-refractivity contribution in [3.63, 3.8) is 0 Å². The summed E-state index contributed by atoms with van der Waals surface area (Å²) in [6.07, 6.45) is 3.46. The molecule has 1 aliphatic rings. The average Bonchev–Trinajstić information content (AvgIpc) is 2.71. The molecule has 0 N–H and O–H groups in total. The summed E-state index contributed by atoms with van der Waals surface area (Å²) in [4.78, 5) is 30.3. The zero-order chi connectivity index (χ0) is 17.7. The van der Waals surface area contributed by atoms with Crippen molar-refractivity contribution >= 4 is 22.3 Å². The van der Waals surface area contributed by atoms with Crippen molar-refractivity contribution in [1.82, 2.24) is 4.98 Å². The molecule has 0 unspecified atom stereocenters. The Morgan fingerprint density at radius 3 is 1.92 bits per heavy atom. The van der Waals surface area contributed by atoms with E-state index in [-0.39, 0.29) is 11.6 Å². The van der Waals surface area contributed by atoms with Gasteiger partial charge in [-0.2, -0.15) is 0 Å². The van der Waals surface area contributed by atoms with Crippen LogP contribution in [-0.2, 0) is 0 Å². The predicted octanol–water partition coefficient (Wildman–Crippen LogP) is 4.68. The fourth-order valence-corrected chi connectivity index (χ4v) is 3.73. The average molecular weight is 335 g/mol. The molecule has 0 bridgehead atoms. The van der Waals surface area contributed by atoms with E-state index >= 15 is 0 Å². The van der Waals surface area contributed by atoms with Gasteiger partial charge in [0.2, 0.25) is 0 Å². The highest BCUT2D eigenvalue weighted by Crippen LogP contribution is 2.38. The summed E-state index contributed by atoms with van der Waals surface area (Å²) in [7, 11) is 0. The van der Waals surface area contributed by atoms with Gasteiger partial charge in [0.05, 0.1) is 0 Å². The molecule has 0 fully saturated rings. The largest absolute Gasteiger partial charge is 0.289 e. The zero-order valence-corrected chi connectivity index (χ0v) is 13.8. The molecule has 1 heterocycles. The number of pyridine rings is 1. The Morgan fingerprint density at radius 1 is 0.577 bits per heavy atom. The summed E-state index contributed by atoms with van der Waals surface area (Å²) >= 11 is 0. The highest BCUT2D eigenvalue weighted by molar-refractivity contribution is 6.33. The standard InChI is InChI=1S/C23H13NO2/c25-22-17-7-3-4-8-18(17)23(26)21-16-6-2-1-5-15(16)19(13-20(21)22)14-9-11-24-12-10-14/h1-13H. The van der Waals surface area contributed by atoms with Crippen molar-refractivity contribution < 1.29 is 9.59 Å². The van der Waals surface area contributed by atoms with Crippen LogP contribution in [0.4, 0.5) is 0 Å². The Kier molecular flexibility index (Phi) is 3.09. The number of ketones is 2. The fourth-order valence-electron chi connectivity index (χ4n) is 3.73. The van der Waals surface area contributed by atoms with Gasteiger partial charge in [-0.1, -0.05) is 48.5 Å². The number of fused-ring (bicyclic) bond motifs is 4. The summed E-state index contributed by atoms with van der Waals surface area (Å²) < 4.78 is 0. The van der Waals surface area contributed by atoms with Crippen LogP contribution < -0.4 is 0 Å². The lowest BCUT2D eigenvalue weighted by Gasteiger charge is -2.21. The van der Waals surface area contributed by atoms with E-state index in [2.05, 4.69) is 4.98 Å². The Labute approximate surface area is 149 Å². The third kappa shape index (κ3) is 1.97. The molecule has 0 spiro atoms. The smallest absolute Gasteiger partial charge is 0.195 e. The predicted molar refractivity (Wildman–Crippen MR) is 100 cm³/mol. The molecule has 3 heteroatoms. The van der Waals surface area contributed by atoms with Crippen LogP contribution in [-0.4, -0.2) is 16.6 Å². The van der Waals surface area contributed by atoms with Crippen molar-refractivity contribution in [2.24, 2.45) is 0 Å². The Morgan fingerprint density at radius 2 is 1.19 bits per heavy atom. The number of carbonyl (C=O) groups is 2. The molecular weight excluding hydrogens is 322 g/mol. The maximum absolute atomic E-state index is 13.2. The Hall–Kier alpha value is -3.59. The lowest BCUT2D eigenvalue weighted by molar-refractivity contribution is 0.0980. The van der Waals surface area contributed by atoms with Gasteiger partial charge >= 0.3 is 0 Å². The number of nitrogens with zero attached hydrogens (tertiary/aromatic N) is 1. The normalized spacial score (nSPS) is 12.8. The summed E-state index contributed by atoms with van der Waals surface area (Å²) in [5.74, 6) is -0.191. The van der Waals surface area contributed by atoms with Gasteiger partial charge in [-0.05, 0) is 40.1 Å². The first-order chi connectivity index (χ1) is 12.8. The zero-order valence-electron chi connectivity index (χ0n) is 13.8. The second-order valence-electron chi connectivity index (χ2n) is 6.33. The van der Waals surface area contributed by atoms with E-state index in [9.17, 15) is 9.59 Å². The third-order valence-electron chi connectivity index (χ3n) is 4.92. The summed E-state index contributed by atoms with van der Waals surface area (Å²) in [6.45, 7) is 0. The molecule has 0 atom stereocenters. The minimum absolute atomic E-state index is 0.0901. The second kappa shape index (κ2) is 5.46. The van der Waals surface area contributed by atoms with Crippen LogP contribution in [0.5, 0.6) is 0 Å². The number of carbonyl (C=O) groups excluding carboxylic acids is 2. The first-order valence-electron chi connectivity index (χ1n) is 8.40. The van der Waals surface area contributed by atoms with Crippen molar-refractivity contribution in [1.29, 1.82) is 0 Å². The van der Waals surface area contributed by atoms with Crippen LogP contribution in [0.2, 0.25) is 0 Å². The molecule has 5 rings (SSSR count). The van der Waals surface area contributed by atoms with Crippen LogP contribution in [0.1, 0.15) is 31.8 Å². The number of benzene rings is 3. The Bertz CT molecular complexity index is 1210. The molecule has 1 aromatic heterocycles. The summed E-state index contributed by atoms with van der Waals surface area (Å²) in [5, 5.41) is 1.77. The van der Waals surface area contributed by atoms with Crippen LogP contribution >= 0.6 is 0 Å².